The van der Waals surface area contributed by atoms with Crippen molar-refractivity contribution in [3.05, 3.63) is 42.0 Å². The third-order valence-electron chi connectivity index (χ3n) is 5.03. The maximum Gasteiger partial charge on any atom is 1.00 e. The summed E-state index contributed by atoms with van der Waals surface area (Å²) in [4.78, 5) is -0.138. The molecule has 0 aliphatic heterocycles. The van der Waals surface area contributed by atoms with Crippen LogP contribution in [0.3, 0.4) is 0 Å². The molecule has 0 radical (unpaired) electrons. The van der Waals surface area contributed by atoms with E-state index in [1.54, 1.807) is 6.07 Å². The topological polar surface area (TPSA) is 57.2 Å². The zero-order valence-corrected chi connectivity index (χ0v) is 19.7. The van der Waals surface area contributed by atoms with Gasteiger partial charge in [-0.3, -0.25) is 0 Å². The molecule has 5 heteroatoms. The van der Waals surface area contributed by atoms with Gasteiger partial charge < -0.3 is 4.55 Å². The van der Waals surface area contributed by atoms with Gasteiger partial charge in [-0.1, -0.05) is 89.0 Å². The Morgan fingerprint density at radius 2 is 1.41 bits per heavy atom. The minimum atomic E-state index is -4.41. The molecular weight excluding hydrogens is 367 g/mol. The third-order valence-corrected chi connectivity index (χ3v) is 5.86. The fourth-order valence-corrected chi connectivity index (χ4v) is 3.99. The molecule has 0 aliphatic rings. The summed E-state index contributed by atoms with van der Waals surface area (Å²) >= 11 is 0. The summed E-state index contributed by atoms with van der Waals surface area (Å²) in [6, 6.07) is 10.6. The van der Waals surface area contributed by atoms with Crippen LogP contribution in [0.5, 0.6) is 0 Å². The zero-order chi connectivity index (χ0) is 18.8. The maximum absolute atomic E-state index is 11.3. The standard InChI is InChI=1S/C22H32O3S.Na/c1-2-3-4-5-6-7-8-9-10-11-13-19-14-12-15-20-16-17-21(18-22(19)20)26(23,24)25;/h12,14-18H,2-11,13H2,1H3,(H,23,24,25);/q;+1/p-1. The number of rotatable bonds is 12. The number of unbranched alkanes of at least 4 members (excludes halogenated alkanes) is 9. The van der Waals surface area contributed by atoms with E-state index in [2.05, 4.69) is 6.92 Å². The molecule has 0 amide bonds. The van der Waals surface area contributed by atoms with Crippen LogP contribution < -0.4 is 29.6 Å². The van der Waals surface area contributed by atoms with Crippen LogP contribution in [-0.4, -0.2) is 13.0 Å². The van der Waals surface area contributed by atoms with Crippen LogP contribution in [0, 0.1) is 0 Å². The van der Waals surface area contributed by atoms with Crippen molar-refractivity contribution >= 4 is 20.9 Å². The largest absolute Gasteiger partial charge is 1.00 e. The Labute approximate surface area is 187 Å². The third kappa shape index (κ3) is 8.66. The summed E-state index contributed by atoms with van der Waals surface area (Å²) in [6.07, 6.45) is 13.9. The smallest absolute Gasteiger partial charge is 0.744 e. The molecule has 0 bridgehead atoms. The van der Waals surface area contributed by atoms with Crippen molar-refractivity contribution in [1.29, 1.82) is 0 Å². The summed E-state index contributed by atoms with van der Waals surface area (Å²) in [5, 5.41) is 1.88. The molecule has 0 unspecified atom stereocenters. The van der Waals surface area contributed by atoms with E-state index < -0.39 is 10.1 Å². The molecule has 144 valence electrons. The number of hydrogen-bond acceptors (Lipinski definition) is 3. The second kappa shape index (κ2) is 12.9. The average molecular weight is 399 g/mol. The van der Waals surface area contributed by atoms with E-state index in [1.165, 1.54) is 69.9 Å². The summed E-state index contributed by atoms with van der Waals surface area (Å²) in [5.41, 5.74) is 1.13. The van der Waals surface area contributed by atoms with Gasteiger partial charge in [0.15, 0.2) is 0 Å². The Morgan fingerprint density at radius 3 is 2.00 bits per heavy atom. The molecule has 0 aromatic heterocycles. The summed E-state index contributed by atoms with van der Waals surface area (Å²) in [5.74, 6) is 0. The fourth-order valence-electron chi connectivity index (χ4n) is 3.49. The predicted octanol–water partition coefficient (Wildman–Crippen LogP) is 3.21. The second-order valence-electron chi connectivity index (χ2n) is 7.19. The van der Waals surface area contributed by atoms with Crippen molar-refractivity contribution in [2.45, 2.75) is 82.4 Å². The van der Waals surface area contributed by atoms with Crippen molar-refractivity contribution in [3.63, 3.8) is 0 Å². The van der Waals surface area contributed by atoms with Gasteiger partial charge in [0.1, 0.15) is 10.1 Å². The molecule has 27 heavy (non-hydrogen) atoms. The van der Waals surface area contributed by atoms with Crippen molar-refractivity contribution in [2.75, 3.05) is 0 Å². The van der Waals surface area contributed by atoms with Crippen molar-refractivity contribution in [3.8, 4) is 0 Å². The first-order valence-corrected chi connectivity index (χ1v) is 11.4. The van der Waals surface area contributed by atoms with Gasteiger partial charge in [-0.15, -0.1) is 0 Å². The number of benzene rings is 2. The van der Waals surface area contributed by atoms with Crippen molar-refractivity contribution in [1.82, 2.24) is 0 Å². The van der Waals surface area contributed by atoms with E-state index in [0.717, 1.165) is 29.2 Å². The normalized spacial score (nSPS) is 11.5. The van der Waals surface area contributed by atoms with Crippen LogP contribution in [-0.2, 0) is 16.5 Å². The van der Waals surface area contributed by atoms with E-state index in [0.29, 0.717) is 0 Å². The first-order chi connectivity index (χ1) is 12.5. The van der Waals surface area contributed by atoms with Crippen LogP contribution >= 0.6 is 0 Å². The molecule has 0 N–H and O–H groups in total. The summed E-state index contributed by atoms with van der Waals surface area (Å²) < 4.78 is 33.8. The van der Waals surface area contributed by atoms with E-state index in [1.807, 2.05) is 18.2 Å². The van der Waals surface area contributed by atoms with Crippen LogP contribution in [0.4, 0.5) is 0 Å². The van der Waals surface area contributed by atoms with Crippen LogP contribution in [0.2, 0.25) is 0 Å². The Hall–Kier alpha value is -0.390. The van der Waals surface area contributed by atoms with Gasteiger partial charge in [-0.25, -0.2) is 8.42 Å². The first-order valence-electron chi connectivity index (χ1n) is 10.00. The summed E-state index contributed by atoms with van der Waals surface area (Å²) in [6.45, 7) is 2.25. The van der Waals surface area contributed by atoms with Gasteiger partial charge in [-0.05, 0) is 41.3 Å². The van der Waals surface area contributed by atoms with Crippen LogP contribution in [0.25, 0.3) is 10.8 Å². The Morgan fingerprint density at radius 1 is 0.815 bits per heavy atom. The molecule has 0 saturated heterocycles. The number of aryl methyl sites for hydroxylation is 1. The van der Waals surface area contributed by atoms with E-state index in [4.69, 9.17) is 0 Å². The molecule has 0 heterocycles. The Balaban J connectivity index is 0.00000364. The van der Waals surface area contributed by atoms with Gasteiger partial charge in [0, 0.05) is 0 Å². The molecule has 3 nitrogen and oxygen atoms in total. The number of hydrogen-bond donors (Lipinski definition) is 0. The van der Waals surface area contributed by atoms with Gasteiger partial charge in [0.05, 0.1) is 4.90 Å². The van der Waals surface area contributed by atoms with Gasteiger partial charge >= 0.3 is 29.6 Å². The molecule has 0 fully saturated rings. The van der Waals surface area contributed by atoms with E-state index in [-0.39, 0.29) is 34.5 Å². The Kier molecular flexibility index (Phi) is 11.8. The Bertz CT molecular complexity index is 787. The summed E-state index contributed by atoms with van der Waals surface area (Å²) in [7, 11) is -4.41. The average Bonchev–Trinajstić information content (AvgIpc) is 2.62. The van der Waals surface area contributed by atoms with Crippen LogP contribution in [0.15, 0.2) is 41.3 Å². The van der Waals surface area contributed by atoms with Gasteiger partial charge in [0.25, 0.3) is 0 Å². The monoisotopic (exact) mass is 398 g/mol. The zero-order valence-electron chi connectivity index (χ0n) is 16.9. The molecule has 2 aromatic rings. The quantitative estimate of drug-likeness (QED) is 0.313. The van der Waals surface area contributed by atoms with E-state index >= 15 is 0 Å². The minimum Gasteiger partial charge on any atom is -0.744 e. The maximum atomic E-state index is 11.3. The molecule has 0 saturated carbocycles. The van der Waals surface area contributed by atoms with Crippen LogP contribution in [0.1, 0.15) is 76.7 Å². The van der Waals surface area contributed by atoms with Gasteiger partial charge in [0.2, 0.25) is 0 Å². The van der Waals surface area contributed by atoms with Gasteiger partial charge in [-0.2, -0.15) is 0 Å². The molecule has 0 aliphatic carbocycles. The first kappa shape index (κ1) is 24.6. The van der Waals surface area contributed by atoms with E-state index in [9.17, 15) is 13.0 Å². The molecule has 0 spiro atoms. The van der Waals surface area contributed by atoms with Crippen molar-refractivity contribution in [2.24, 2.45) is 0 Å². The molecule has 2 aromatic carbocycles. The van der Waals surface area contributed by atoms with Crippen molar-refractivity contribution < 1.29 is 42.5 Å². The number of fused-ring (bicyclic) bond motifs is 1. The molecule has 0 atom stereocenters. The SMILES string of the molecule is CCCCCCCCCCCCc1cccc2ccc(S(=O)(=O)[O-])cc12.[Na+]. The molecule has 2 rings (SSSR count). The minimum absolute atomic E-state index is 0. The fraction of sp³-hybridized carbons (Fsp3) is 0.545. The molecular formula is C22H31NaO3S. The second-order valence-corrected chi connectivity index (χ2v) is 8.57. The predicted molar refractivity (Wildman–Crippen MR) is 107 cm³/mol.